The molecule has 0 aromatic heterocycles. The van der Waals surface area contributed by atoms with Crippen molar-refractivity contribution in [2.45, 2.75) is 18.9 Å². The Hall–Kier alpha value is -3.35. The SMILES string of the molecule is O=C(/C=C/Cc1ccccc1F)OC(Cc1ccc(O)c(O)c1)C(=O)O. The summed E-state index contributed by atoms with van der Waals surface area (Å²) in [6, 6.07) is 9.89. The molecule has 2 aromatic rings. The molecule has 136 valence electrons. The molecule has 26 heavy (non-hydrogen) atoms. The lowest BCUT2D eigenvalue weighted by Crippen LogP contribution is -2.28. The summed E-state index contributed by atoms with van der Waals surface area (Å²) < 4.78 is 18.4. The van der Waals surface area contributed by atoms with Crippen molar-refractivity contribution in [2.24, 2.45) is 0 Å². The van der Waals surface area contributed by atoms with Gasteiger partial charge in [0.2, 0.25) is 6.10 Å². The highest BCUT2D eigenvalue weighted by molar-refractivity contribution is 5.85. The van der Waals surface area contributed by atoms with E-state index in [0.717, 1.165) is 6.08 Å². The number of esters is 1. The van der Waals surface area contributed by atoms with Crippen molar-refractivity contribution >= 4 is 11.9 Å². The number of aromatic hydroxyl groups is 2. The Kier molecular flexibility index (Phi) is 6.32. The molecule has 0 saturated heterocycles. The number of allylic oxidation sites excluding steroid dienone is 1. The van der Waals surface area contributed by atoms with E-state index in [-0.39, 0.29) is 18.6 Å². The maximum atomic E-state index is 13.5. The molecule has 2 aromatic carbocycles. The molecule has 1 atom stereocenters. The Labute approximate surface area is 148 Å². The van der Waals surface area contributed by atoms with Crippen LogP contribution in [0, 0.1) is 5.82 Å². The van der Waals surface area contributed by atoms with Gasteiger partial charge in [0.1, 0.15) is 5.82 Å². The number of ether oxygens (including phenoxy) is 1. The van der Waals surface area contributed by atoms with E-state index in [0.29, 0.717) is 11.1 Å². The molecule has 0 amide bonds. The van der Waals surface area contributed by atoms with Crippen molar-refractivity contribution in [1.29, 1.82) is 0 Å². The zero-order chi connectivity index (χ0) is 19.1. The van der Waals surface area contributed by atoms with Gasteiger partial charge >= 0.3 is 11.9 Å². The first-order valence-electron chi connectivity index (χ1n) is 7.71. The second kappa shape index (κ2) is 8.66. The Bertz CT molecular complexity index is 831. The number of phenols is 2. The van der Waals surface area contributed by atoms with Crippen LogP contribution in [0.3, 0.4) is 0 Å². The highest BCUT2D eigenvalue weighted by Gasteiger charge is 2.22. The van der Waals surface area contributed by atoms with E-state index >= 15 is 0 Å². The molecule has 0 fully saturated rings. The van der Waals surface area contributed by atoms with Crippen molar-refractivity contribution in [3.8, 4) is 11.5 Å². The molecule has 0 heterocycles. The minimum atomic E-state index is -1.47. The van der Waals surface area contributed by atoms with Crippen LogP contribution in [0.1, 0.15) is 11.1 Å². The van der Waals surface area contributed by atoms with E-state index in [9.17, 15) is 29.3 Å². The third kappa shape index (κ3) is 5.34. The van der Waals surface area contributed by atoms with Crippen molar-refractivity contribution in [1.82, 2.24) is 0 Å². The first-order chi connectivity index (χ1) is 12.4. The Balaban J connectivity index is 1.97. The number of carboxylic acids is 1. The minimum Gasteiger partial charge on any atom is -0.504 e. The van der Waals surface area contributed by atoms with Gasteiger partial charge in [-0.15, -0.1) is 0 Å². The van der Waals surface area contributed by atoms with Crippen LogP contribution in [0.25, 0.3) is 0 Å². The molecule has 0 saturated carbocycles. The van der Waals surface area contributed by atoms with Crippen LogP contribution in [-0.4, -0.2) is 33.4 Å². The number of carboxylic acid groups (broad SMARTS) is 1. The monoisotopic (exact) mass is 360 g/mol. The van der Waals surface area contributed by atoms with Gasteiger partial charge in [0.25, 0.3) is 0 Å². The molecule has 3 N–H and O–H groups in total. The molecule has 1 unspecified atom stereocenters. The second-order valence-electron chi connectivity index (χ2n) is 5.49. The van der Waals surface area contributed by atoms with E-state index in [1.165, 1.54) is 30.3 Å². The summed E-state index contributed by atoms with van der Waals surface area (Å²) in [5.41, 5.74) is 0.765. The zero-order valence-corrected chi connectivity index (χ0v) is 13.6. The number of carbonyl (C=O) groups is 2. The smallest absolute Gasteiger partial charge is 0.345 e. The van der Waals surface area contributed by atoms with Crippen LogP contribution in [0.2, 0.25) is 0 Å². The summed E-state index contributed by atoms with van der Waals surface area (Å²) in [5, 5.41) is 27.9. The average molecular weight is 360 g/mol. The fourth-order valence-electron chi connectivity index (χ4n) is 2.21. The van der Waals surface area contributed by atoms with Crippen LogP contribution in [0.15, 0.2) is 54.6 Å². The highest BCUT2D eigenvalue weighted by Crippen LogP contribution is 2.25. The van der Waals surface area contributed by atoms with Crippen LogP contribution >= 0.6 is 0 Å². The third-order valence-electron chi connectivity index (χ3n) is 3.54. The normalized spacial score (nSPS) is 12.0. The fourth-order valence-corrected chi connectivity index (χ4v) is 2.21. The van der Waals surface area contributed by atoms with E-state index in [2.05, 4.69) is 0 Å². The van der Waals surface area contributed by atoms with E-state index in [1.54, 1.807) is 18.2 Å². The summed E-state index contributed by atoms with van der Waals surface area (Å²) in [6.07, 6.45) is 0.925. The topological polar surface area (TPSA) is 104 Å². The Morgan fingerprint density at radius 1 is 1.12 bits per heavy atom. The van der Waals surface area contributed by atoms with Crippen LogP contribution < -0.4 is 0 Å². The van der Waals surface area contributed by atoms with Gasteiger partial charge in [0, 0.05) is 12.5 Å². The number of hydrogen-bond acceptors (Lipinski definition) is 5. The number of phenolic OH excluding ortho intramolecular Hbond substituents is 2. The molecule has 6 nitrogen and oxygen atoms in total. The van der Waals surface area contributed by atoms with Crippen molar-refractivity contribution in [2.75, 3.05) is 0 Å². The van der Waals surface area contributed by atoms with Crippen LogP contribution in [0.5, 0.6) is 11.5 Å². The second-order valence-corrected chi connectivity index (χ2v) is 5.49. The number of halogens is 1. The standard InChI is InChI=1S/C19H17FO6/c20-14-6-2-1-4-13(14)5-3-7-18(23)26-17(19(24)25)11-12-8-9-15(21)16(22)10-12/h1-4,6-10,17,21-22H,5,11H2,(H,24,25)/b7-3+. The summed E-state index contributed by atoms with van der Waals surface area (Å²) in [5.74, 6) is -3.37. The Morgan fingerprint density at radius 2 is 1.85 bits per heavy atom. The minimum absolute atomic E-state index is 0.158. The quantitative estimate of drug-likeness (QED) is 0.398. The summed E-state index contributed by atoms with van der Waals surface area (Å²) in [7, 11) is 0. The maximum absolute atomic E-state index is 13.5. The highest BCUT2D eigenvalue weighted by atomic mass is 19.1. The summed E-state index contributed by atoms with van der Waals surface area (Å²) in [6.45, 7) is 0. The number of benzene rings is 2. The lowest BCUT2D eigenvalue weighted by molar-refractivity contribution is -0.160. The lowest BCUT2D eigenvalue weighted by atomic mass is 10.1. The van der Waals surface area contributed by atoms with E-state index in [1.807, 2.05) is 0 Å². The Morgan fingerprint density at radius 3 is 2.50 bits per heavy atom. The molecule has 0 aliphatic heterocycles. The van der Waals surface area contributed by atoms with Crippen molar-refractivity contribution in [3.05, 3.63) is 71.6 Å². The molecule has 0 spiro atoms. The van der Waals surface area contributed by atoms with E-state index in [4.69, 9.17) is 4.74 Å². The molecule has 0 aliphatic rings. The largest absolute Gasteiger partial charge is 0.504 e. The van der Waals surface area contributed by atoms with Gasteiger partial charge in [-0.25, -0.2) is 14.0 Å². The number of aliphatic carboxylic acids is 1. The number of rotatable bonds is 7. The van der Waals surface area contributed by atoms with Crippen LogP contribution in [-0.2, 0) is 27.2 Å². The van der Waals surface area contributed by atoms with Crippen LogP contribution in [0.4, 0.5) is 4.39 Å². The maximum Gasteiger partial charge on any atom is 0.345 e. The number of carbonyl (C=O) groups excluding carboxylic acids is 1. The third-order valence-corrected chi connectivity index (χ3v) is 3.54. The zero-order valence-electron chi connectivity index (χ0n) is 13.6. The molecular formula is C19H17FO6. The van der Waals surface area contributed by atoms with Gasteiger partial charge in [0.05, 0.1) is 0 Å². The predicted molar refractivity (Wildman–Crippen MR) is 90.2 cm³/mol. The first-order valence-corrected chi connectivity index (χ1v) is 7.71. The van der Waals surface area contributed by atoms with Gasteiger partial charge in [-0.3, -0.25) is 0 Å². The van der Waals surface area contributed by atoms with E-state index < -0.39 is 29.6 Å². The lowest BCUT2D eigenvalue weighted by Gasteiger charge is -2.13. The number of hydrogen-bond donors (Lipinski definition) is 3. The first kappa shape index (κ1) is 19.0. The van der Waals surface area contributed by atoms with Gasteiger partial charge in [-0.1, -0.05) is 30.3 Å². The molecule has 7 heteroatoms. The van der Waals surface area contributed by atoms with Crippen molar-refractivity contribution in [3.63, 3.8) is 0 Å². The molecule has 0 radical (unpaired) electrons. The predicted octanol–water partition coefficient (Wildman–Crippen LogP) is 2.57. The fraction of sp³-hybridized carbons (Fsp3) is 0.158. The molecule has 2 rings (SSSR count). The van der Waals surface area contributed by atoms with Crippen molar-refractivity contribution < 1.29 is 34.0 Å². The molecule has 0 bridgehead atoms. The summed E-state index contributed by atoms with van der Waals surface area (Å²) >= 11 is 0. The molecular weight excluding hydrogens is 343 g/mol. The van der Waals surface area contributed by atoms with Gasteiger partial charge < -0.3 is 20.1 Å². The van der Waals surface area contributed by atoms with Gasteiger partial charge in [-0.2, -0.15) is 0 Å². The van der Waals surface area contributed by atoms with Gasteiger partial charge in [-0.05, 0) is 35.7 Å². The summed E-state index contributed by atoms with van der Waals surface area (Å²) in [4.78, 5) is 23.1. The average Bonchev–Trinajstić information content (AvgIpc) is 2.59. The molecule has 0 aliphatic carbocycles. The van der Waals surface area contributed by atoms with Gasteiger partial charge in [0.15, 0.2) is 11.5 Å².